The van der Waals surface area contributed by atoms with Crippen molar-refractivity contribution in [1.29, 1.82) is 0 Å². The van der Waals surface area contributed by atoms with Crippen LogP contribution in [0.1, 0.15) is 39.0 Å². The van der Waals surface area contributed by atoms with E-state index >= 15 is 0 Å². The molecule has 0 fully saturated rings. The average molecular weight is 221 g/mol. The predicted octanol–water partition coefficient (Wildman–Crippen LogP) is 1.99. The monoisotopic (exact) mass is 221 g/mol. The van der Waals surface area contributed by atoms with E-state index in [9.17, 15) is 9.46 Å². The summed E-state index contributed by atoms with van der Waals surface area (Å²) in [5, 5.41) is 0. The Morgan fingerprint density at radius 2 is 2.00 bits per heavy atom. The lowest BCUT2D eigenvalue weighted by atomic mass is 10.2. The van der Waals surface area contributed by atoms with Crippen LogP contribution < -0.4 is 4.89 Å². The van der Waals surface area contributed by atoms with Crippen LogP contribution in [-0.2, 0) is 9.09 Å². The zero-order valence-electron chi connectivity index (χ0n) is 8.52. The Balaban J connectivity index is 3.23. The molecule has 0 aliphatic rings. The lowest BCUT2D eigenvalue weighted by Gasteiger charge is -2.14. The van der Waals surface area contributed by atoms with E-state index in [1.54, 1.807) is 0 Å². The summed E-state index contributed by atoms with van der Waals surface area (Å²) in [5.74, 6) is 0. The van der Waals surface area contributed by atoms with E-state index in [2.05, 4.69) is 11.4 Å². The maximum absolute atomic E-state index is 10.1. The molecule has 0 saturated carbocycles. The fraction of sp³-hybridized carbons (Fsp3) is 0.778. The van der Waals surface area contributed by atoms with Crippen LogP contribution in [0, 0.1) is 0 Å². The molecule has 0 aromatic heterocycles. The van der Waals surface area contributed by atoms with Gasteiger partial charge in [-0.05, 0) is 19.3 Å². The van der Waals surface area contributed by atoms with Crippen molar-refractivity contribution in [1.82, 2.24) is 0 Å². The van der Waals surface area contributed by atoms with Crippen LogP contribution in [-0.4, -0.2) is 11.5 Å². The molecule has 0 amide bonds. The molecule has 0 rings (SSSR count). The number of hydrogen-bond donors (Lipinski definition) is 1. The smallest absolute Gasteiger partial charge is 0.265 e. The first-order valence-electron chi connectivity index (χ1n) is 4.89. The molecule has 0 radical (unpaired) electrons. The number of phosphoric acid groups is 1. The lowest BCUT2D eigenvalue weighted by molar-refractivity contribution is -0.219. The molecule has 84 valence electrons. The van der Waals surface area contributed by atoms with Crippen molar-refractivity contribution in [3.63, 3.8) is 0 Å². The van der Waals surface area contributed by atoms with Crippen LogP contribution in [0.25, 0.3) is 0 Å². The van der Waals surface area contributed by atoms with Gasteiger partial charge in [0.25, 0.3) is 7.82 Å². The Morgan fingerprint density at radius 1 is 1.36 bits per heavy atom. The molecule has 1 N–H and O–H groups in total. The summed E-state index contributed by atoms with van der Waals surface area (Å²) < 4.78 is 14.3. The molecule has 14 heavy (non-hydrogen) atoms. The largest absolute Gasteiger partial charge is 0.756 e. The molecule has 1 atom stereocenters. The first-order valence-corrected chi connectivity index (χ1v) is 6.39. The SMILES string of the molecule is CCCCC/C=C/CCOP(=O)([O-])O. The van der Waals surface area contributed by atoms with Gasteiger partial charge < -0.3 is 14.3 Å². The fourth-order valence-electron chi connectivity index (χ4n) is 0.984. The molecular weight excluding hydrogens is 203 g/mol. The minimum atomic E-state index is -4.52. The summed E-state index contributed by atoms with van der Waals surface area (Å²) >= 11 is 0. The maximum Gasteiger partial charge on any atom is 0.265 e. The molecule has 0 aromatic rings. The Kier molecular flexibility index (Phi) is 8.09. The second-order valence-electron chi connectivity index (χ2n) is 3.06. The van der Waals surface area contributed by atoms with Gasteiger partial charge in [-0.25, -0.2) is 0 Å². The molecule has 1 unspecified atom stereocenters. The minimum absolute atomic E-state index is 0.0154. The molecule has 0 saturated heterocycles. The highest BCUT2D eigenvalue weighted by molar-refractivity contribution is 7.44. The van der Waals surface area contributed by atoms with E-state index in [4.69, 9.17) is 4.89 Å². The summed E-state index contributed by atoms with van der Waals surface area (Å²) in [4.78, 5) is 18.4. The van der Waals surface area contributed by atoms with Gasteiger partial charge in [0.15, 0.2) is 0 Å². The molecule has 0 spiro atoms. The normalized spacial score (nSPS) is 15.9. The van der Waals surface area contributed by atoms with E-state index < -0.39 is 7.82 Å². The van der Waals surface area contributed by atoms with Crippen molar-refractivity contribution in [2.45, 2.75) is 39.0 Å². The summed E-state index contributed by atoms with van der Waals surface area (Å²) in [6, 6.07) is 0. The van der Waals surface area contributed by atoms with Gasteiger partial charge in [-0.2, -0.15) is 0 Å². The molecule has 0 aliphatic carbocycles. The Hall–Kier alpha value is -0.150. The third kappa shape index (κ3) is 11.8. The molecule has 0 bridgehead atoms. The van der Waals surface area contributed by atoms with E-state index in [0.29, 0.717) is 6.42 Å². The average Bonchev–Trinajstić information content (AvgIpc) is 2.08. The van der Waals surface area contributed by atoms with Crippen molar-refractivity contribution >= 4 is 7.82 Å². The quantitative estimate of drug-likeness (QED) is 0.386. The van der Waals surface area contributed by atoms with Crippen LogP contribution in [0.15, 0.2) is 12.2 Å². The standard InChI is InChI=1S/C9H19O4P/c1-2-3-4-5-6-7-8-9-13-14(10,11)12/h6-7H,2-5,8-9H2,1H3,(H2,10,11,12)/p-1/b7-6+. The molecule has 4 nitrogen and oxygen atoms in total. The van der Waals surface area contributed by atoms with Gasteiger partial charge in [0, 0.05) is 0 Å². The van der Waals surface area contributed by atoms with E-state index in [1.165, 1.54) is 12.8 Å². The van der Waals surface area contributed by atoms with Crippen LogP contribution in [0.4, 0.5) is 0 Å². The number of rotatable bonds is 8. The van der Waals surface area contributed by atoms with Crippen molar-refractivity contribution < 1.29 is 18.9 Å². The third-order valence-corrected chi connectivity index (χ3v) is 2.19. The molecule has 0 aromatic carbocycles. The second-order valence-corrected chi connectivity index (χ2v) is 4.25. The van der Waals surface area contributed by atoms with Crippen molar-refractivity contribution in [3.05, 3.63) is 12.2 Å². The van der Waals surface area contributed by atoms with Crippen molar-refractivity contribution in [2.24, 2.45) is 0 Å². The number of allylic oxidation sites excluding steroid dienone is 1. The van der Waals surface area contributed by atoms with E-state index in [-0.39, 0.29) is 6.61 Å². The van der Waals surface area contributed by atoms with Gasteiger partial charge >= 0.3 is 0 Å². The third-order valence-electron chi connectivity index (χ3n) is 1.68. The van der Waals surface area contributed by atoms with Crippen LogP contribution in [0.3, 0.4) is 0 Å². The fourth-order valence-corrected chi connectivity index (χ4v) is 1.32. The number of hydrogen-bond acceptors (Lipinski definition) is 3. The first-order chi connectivity index (χ1) is 6.56. The van der Waals surface area contributed by atoms with Gasteiger partial charge in [0.05, 0.1) is 6.61 Å². The van der Waals surface area contributed by atoms with Gasteiger partial charge in [-0.1, -0.05) is 31.9 Å². The van der Waals surface area contributed by atoms with E-state index in [1.807, 2.05) is 12.2 Å². The second kappa shape index (κ2) is 8.18. The zero-order chi connectivity index (χ0) is 10.9. The van der Waals surface area contributed by atoms with Crippen LogP contribution in [0.2, 0.25) is 0 Å². The van der Waals surface area contributed by atoms with Crippen LogP contribution >= 0.6 is 7.82 Å². The Labute approximate surface area is 85.2 Å². The summed E-state index contributed by atoms with van der Waals surface area (Å²) in [6.07, 6.45) is 8.97. The van der Waals surface area contributed by atoms with Gasteiger partial charge in [0.2, 0.25) is 0 Å². The number of phosphoric ester groups is 1. The topological polar surface area (TPSA) is 69.6 Å². The number of unbranched alkanes of at least 4 members (excludes halogenated alkanes) is 3. The van der Waals surface area contributed by atoms with Crippen molar-refractivity contribution in [3.8, 4) is 0 Å². The summed E-state index contributed by atoms with van der Waals surface area (Å²) in [7, 11) is -4.52. The van der Waals surface area contributed by atoms with Gasteiger partial charge in [-0.15, -0.1) is 0 Å². The molecule has 0 aliphatic heterocycles. The highest BCUT2D eigenvalue weighted by atomic mass is 31.2. The summed E-state index contributed by atoms with van der Waals surface area (Å²) in [5.41, 5.74) is 0. The predicted molar refractivity (Wildman–Crippen MR) is 53.7 cm³/mol. The lowest BCUT2D eigenvalue weighted by Crippen LogP contribution is -2.03. The first kappa shape index (κ1) is 13.8. The van der Waals surface area contributed by atoms with Gasteiger partial charge in [0.1, 0.15) is 0 Å². The van der Waals surface area contributed by atoms with Gasteiger partial charge in [-0.3, -0.25) is 4.57 Å². The van der Waals surface area contributed by atoms with Crippen LogP contribution in [0.5, 0.6) is 0 Å². The Bertz CT molecular complexity index is 197. The maximum atomic E-state index is 10.1. The molecular formula is C9H18O4P-. The van der Waals surface area contributed by atoms with Crippen molar-refractivity contribution in [2.75, 3.05) is 6.61 Å². The zero-order valence-corrected chi connectivity index (χ0v) is 9.41. The van der Waals surface area contributed by atoms with E-state index in [0.717, 1.165) is 12.8 Å². The highest BCUT2D eigenvalue weighted by Crippen LogP contribution is 2.29. The molecule has 0 heterocycles. The minimum Gasteiger partial charge on any atom is -0.756 e. The molecule has 5 heteroatoms. The highest BCUT2D eigenvalue weighted by Gasteiger charge is 1.98. The summed E-state index contributed by atoms with van der Waals surface area (Å²) in [6.45, 7) is 2.16. The Morgan fingerprint density at radius 3 is 2.57 bits per heavy atom.